The molecule has 0 aliphatic carbocycles. The van der Waals surface area contributed by atoms with Gasteiger partial charge in [0.25, 0.3) is 0 Å². The summed E-state index contributed by atoms with van der Waals surface area (Å²) in [7, 11) is 0. The monoisotopic (exact) mass is 383 g/mol. The molecular weight excluding hydrogens is 354 g/mol. The zero-order chi connectivity index (χ0) is 20.5. The van der Waals surface area contributed by atoms with Gasteiger partial charge in [-0.25, -0.2) is 4.79 Å². The molecule has 150 valence electrons. The highest BCUT2D eigenvalue weighted by atomic mass is 16.6. The van der Waals surface area contributed by atoms with Crippen LogP contribution in [0, 0.1) is 0 Å². The Bertz CT molecular complexity index is 857. The average Bonchev–Trinajstić information content (AvgIpc) is 2.60. The summed E-state index contributed by atoms with van der Waals surface area (Å²) in [6, 6.07) is 9.66. The van der Waals surface area contributed by atoms with Crippen molar-refractivity contribution in [2.24, 2.45) is 0 Å². The average molecular weight is 383 g/mol. The Kier molecular flexibility index (Phi) is 5.59. The zero-order valence-electron chi connectivity index (χ0n) is 17.3. The third kappa shape index (κ3) is 4.43. The molecule has 0 N–H and O–H groups in total. The first-order valence-corrected chi connectivity index (χ1v) is 9.77. The van der Waals surface area contributed by atoms with Crippen molar-refractivity contribution in [2.75, 3.05) is 13.1 Å². The van der Waals surface area contributed by atoms with E-state index < -0.39 is 5.60 Å². The smallest absolute Gasteiger partial charge is 0.410 e. The first kappa shape index (κ1) is 20.1. The lowest BCUT2D eigenvalue weighted by Gasteiger charge is -2.44. The van der Waals surface area contributed by atoms with Gasteiger partial charge in [0.1, 0.15) is 5.60 Å². The molecule has 2 aromatic rings. The van der Waals surface area contributed by atoms with Crippen molar-refractivity contribution >= 4 is 22.9 Å². The number of carbonyl (C=O) groups is 2. The third-order valence-electron chi connectivity index (χ3n) is 4.92. The van der Waals surface area contributed by atoms with E-state index in [-0.39, 0.29) is 24.1 Å². The number of para-hydroxylation sites is 1. The number of hydrogen-bond donors (Lipinski definition) is 0. The molecule has 28 heavy (non-hydrogen) atoms. The fourth-order valence-electron chi connectivity index (χ4n) is 3.85. The van der Waals surface area contributed by atoms with Crippen molar-refractivity contribution in [3.63, 3.8) is 0 Å². The van der Waals surface area contributed by atoms with Crippen LogP contribution in [-0.2, 0) is 16.0 Å². The van der Waals surface area contributed by atoms with E-state index in [1.807, 2.05) is 69.9 Å². The van der Waals surface area contributed by atoms with Gasteiger partial charge in [-0.1, -0.05) is 24.3 Å². The minimum atomic E-state index is -0.530. The Morgan fingerprint density at radius 2 is 1.75 bits per heavy atom. The molecule has 0 radical (unpaired) electrons. The van der Waals surface area contributed by atoms with Crippen molar-refractivity contribution in [3.05, 3.63) is 42.1 Å². The normalized spacial score (nSPS) is 20.3. The fourth-order valence-corrected chi connectivity index (χ4v) is 3.85. The van der Waals surface area contributed by atoms with Crippen molar-refractivity contribution in [1.29, 1.82) is 0 Å². The molecule has 3 rings (SSSR count). The molecule has 0 saturated carbocycles. The second kappa shape index (κ2) is 7.78. The van der Waals surface area contributed by atoms with Gasteiger partial charge in [-0.05, 0) is 46.2 Å². The summed E-state index contributed by atoms with van der Waals surface area (Å²) in [5, 5.41) is 1.03. The highest BCUT2D eigenvalue weighted by molar-refractivity contribution is 5.88. The standard InChI is InChI=1S/C22H29N3O3/c1-15-13-24(21(27)28-22(3,4)5)14-16(2)25(15)19(26)12-18-9-6-8-17-10-7-11-23-20(17)18/h6-11,15-16H,12-14H2,1-5H3. The molecule has 1 aromatic carbocycles. The van der Waals surface area contributed by atoms with Crippen LogP contribution in [0.15, 0.2) is 36.5 Å². The van der Waals surface area contributed by atoms with Crippen LogP contribution < -0.4 is 0 Å². The molecule has 2 heterocycles. The Labute approximate surface area is 166 Å². The zero-order valence-corrected chi connectivity index (χ0v) is 17.3. The van der Waals surface area contributed by atoms with Crippen LogP contribution in [0.25, 0.3) is 10.9 Å². The van der Waals surface area contributed by atoms with Crippen molar-refractivity contribution < 1.29 is 14.3 Å². The van der Waals surface area contributed by atoms with Crippen LogP contribution in [0.3, 0.4) is 0 Å². The van der Waals surface area contributed by atoms with E-state index in [9.17, 15) is 9.59 Å². The molecule has 6 nitrogen and oxygen atoms in total. The van der Waals surface area contributed by atoms with E-state index in [0.29, 0.717) is 19.5 Å². The number of nitrogens with zero attached hydrogens (tertiary/aromatic N) is 3. The molecule has 1 aliphatic rings. The van der Waals surface area contributed by atoms with Crippen molar-refractivity contribution in [1.82, 2.24) is 14.8 Å². The molecule has 6 heteroatoms. The molecule has 1 fully saturated rings. The highest BCUT2D eigenvalue weighted by Gasteiger charge is 2.36. The molecule has 0 bridgehead atoms. The maximum atomic E-state index is 13.1. The van der Waals surface area contributed by atoms with Crippen LogP contribution in [0.5, 0.6) is 0 Å². The molecular formula is C22H29N3O3. The molecule has 2 unspecified atom stereocenters. The van der Waals surface area contributed by atoms with E-state index in [2.05, 4.69) is 4.98 Å². The lowest BCUT2D eigenvalue weighted by atomic mass is 10.0. The third-order valence-corrected chi connectivity index (χ3v) is 4.92. The Morgan fingerprint density at radius 1 is 1.11 bits per heavy atom. The minimum absolute atomic E-state index is 0.0574. The number of benzene rings is 1. The number of aromatic nitrogens is 1. The number of ether oxygens (including phenoxy) is 1. The maximum absolute atomic E-state index is 13.1. The number of hydrogen-bond acceptors (Lipinski definition) is 4. The van der Waals surface area contributed by atoms with E-state index in [0.717, 1.165) is 16.5 Å². The van der Waals surface area contributed by atoms with Crippen LogP contribution >= 0.6 is 0 Å². The van der Waals surface area contributed by atoms with Gasteiger partial charge < -0.3 is 14.5 Å². The summed E-state index contributed by atoms with van der Waals surface area (Å²) >= 11 is 0. The van der Waals surface area contributed by atoms with Crippen LogP contribution in [0.4, 0.5) is 4.79 Å². The molecule has 1 aliphatic heterocycles. The lowest BCUT2D eigenvalue weighted by molar-refractivity contribution is -0.138. The fraction of sp³-hybridized carbons (Fsp3) is 0.500. The number of pyridine rings is 1. The minimum Gasteiger partial charge on any atom is -0.444 e. The van der Waals surface area contributed by atoms with E-state index >= 15 is 0 Å². The number of carbonyl (C=O) groups excluding carboxylic acids is 2. The largest absolute Gasteiger partial charge is 0.444 e. The van der Waals surface area contributed by atoms with E-state index in [1.54, 1.807) is 11.1 Å². The molecule has 1 aromatic heterocycles. The van der Waals surface area contributed by atoms with Gasteiger partial charge in [0.15, 0.2) is 0 Å². The number of amides is 2. The van der Waals surface area contributed by atoms with Gasteiger partial charge in [0, 0.05) is 36.8 Å². The summed E-state index contributed by atoms with van der Waals surface area (Å²) in [5.74, 6) is 0.0574. The summed E-state index contributed by atoms with van der Waals surface area (Å²) < 4.78 is 5.49. The summed E-state index contributed by atoms with van der Waals surface area (Å²) in [4.78, 5) is 33.5. The topological polar surface area (TPSA) is 62.7 Å². The van der Waals surface area contributed by atoms with Crippen molar-refractivity contribution in [3.8, 4) is 0 Å². The van der Waals surface area contributed by atoms with Crippen LogP contribution in [0.1, 0.15) is 40.2 Å². The molecule has 2 atom stereocenters. The summed E-state index contributed by atoms with van der Waals surface area (Å²) in [6.45, 7) is 10.5. The second-order valence-corrected chi connectivity index (χ2v) is 8.55. The highest BCUT2D eigenvalue weighted by Crippen LogP contribution is 2.22. The van der Waals surface area contributed by atoms with E-state index in [4.69, 9.17) is 4.74 Å². The Balaban J connectivity index is 1.72. The molecule has 0 spiro atoms. The second-order valence-electron chi connectivity index (χ2n) is 8.55. The number of fused-ring (bicyclic) bond motifs is 1. The van der Waals surface area contributed by atoms with Gasteiger partial charge >= 0.3 is 6.09 Å². The summed E-state index contributed by atoms with van der Waals surface area (Å²) in [5.41, 5.74) is 1.26. The van der Waals surface area contributed by atoms with Gasteiger partial charge in [0.05, 0.1) is 11.9 Å². The summed E-state index contributed by atoms with van der Waals surface area (Å²) in [6.07, 6.45) is 1.73. The first-order valence-electron chi connectivity index (χ1n) is 9.77. The molecule has 1 saturated heterocycles. The van der Waals surface area contributed by atoms with Crippen molar-refractivity contribution in [2.45, 2.75) is 58.7 Å². The van der Waals surface area contributed by atoms with Crippen LogP contribution in [0.2, 0.25) is 0 Å². The Morgan fingerprint density at radius 3 is 2.39 bits per heavy atom. The SMILES string of the molecule is CC1CN(C(=O)OC(C)(C)C)CC(C)N1C(=O)Cc1cccc2cccnc12. The van der Waals surface area contributed by atoms with Crippen LogP contribution in [-0.4, -0.2) is 57.6 Å². The van der Waals surface area contributed by atoms with Gasteiger partial charge in [-0.15, -0.1) is 0 Å². The predicted molar refractivity (Wildman–Crippen MR) is 109 cm³/mol. The molecule has 2 amide bonds. The first-order chi connectivity index (χ1) is 13.2. The number of rotatable bonds is 2. The van der Waals surface area contributed by atoms with Gasteiger partial charge in [-0.2, -0.15) is 0 Å². The Hall–Kier alpha value is -2.63. The quantitative estimate of drug-likeness (QED) is 0.794. The number of piperazine rings is 1. The van der Waals surface area contributed by atoms with Gasteiger partial charge in [-0.3, -0.25) is 9.78 Å². The lowest BCUT2D eigenvalue weighted by Crippen LogP contribution is -2.60. The maximum Gasteiger partial charge on any atom is 0.410 e. The van der Waals surface area contributed by atoms with Gasteiger partial charge in [0.2, 0.25) is 5.91 Å². The van der Waals surface area contributed by atoms with E-state index in [1.165, 1.54) is 0 Å². The predicted octanol–water partition coefficient (Wildman–Crippen LogP) is 3.63.